The van der Waals surface area contributed by atoms with Gasteiger partial charge in [-0.3, -0.25) is 0 Å². The van der Waals surface area contributed by atoms with Gasteiger partial charge in [-0.2, -0.15) is 11.8 Å². The Hall–Kier alpha value is -0.510. The molecular weight excluding hydrogens is 196 g/mol. The molecule has 1 aromatic heterocycles. The van der Waals surface area contributed by atoms with E-state index in [4.69, 9.17) is 4.42 Å². The second-order valence-corrected chi connectivity index (χ2v) is 4.91. The summed E-state index contributed by atoms with van der Waals surface area (Å²) in [5, 5.41) is 7.78. The Kier molecular flexibility index (Phi) is 3.45. The number of nitrogens with zero attached hydrogens (tertiary/aromatic N) is 2. The third-order valence-electron chi connectivity index (χ3n) is 2.62. The van der Waals surface area contributed by atoms with Crippen molar-refractivity contribution in [2.45, 2.75) is 38.4 Å². The number of hydrogen-bond donors (Lipinski definition) is 0. The lowest BCUT2D eigenvalue weighted by atomic mass is 10.1. The third-order valence-corrected chi connectivity index (χ3v) is 3.78. The van der Waals surface area contributed by atoms with Crippen LogP contribution < -0.4 is 0 Å². The highest BCUT2D eigenvalue weighted by atomic mass is 32.2. The van der Waals surface area contributed by atoms with Crippen molar-refractivity contribution in [2.24, 2.45) is 5.92 Å². The molecule has 3 nitrogen and oxygen atoms in total. The molecule has 4 heteroatoms. The topological polar surface area (TPSA) is 38.9 Å². The van der Waals surface area contributed by atoms with Crippen molar-refractivity contribution < 1.29 is 4.42 Å². The fourth-order valence-electron chi connectivity index (χ4n) is 1.89. The van der Waals surface area contributed by atoms with E-state index in [-0.39, 0.29) is 0 Å². The van der Waals surface area contributed by atoms with Crippen molar-refractivity contribution in [3.05, 3.63) is 11.8 Å². The van der Waals surface area contributed by atoms with Crippen LogP contribution in [0.3, 0.4) is 0 Å². The first-order valence-electron chi connectivity index (χ1n) is 5.21. The molecule has 0 atom stereocenters. The summed E-state index contributed by atoms with van der Waals surface area (Å²) < 4.78 is 5.31. The van der Waals surface area contributed by atoms with Crippen LogP contribution in [0, 0.1) is 12.8 Å². The first kappa shape index (κ1) is 10.0. The molecule has 1 heterocycles. The summed E-state index contributed by atoms with van der Waals surface area (Å²) in [6.45, 7) is 1.83. The van der Waals surface area contributed by atoms with E-state index in [0.29, 0.717) is 5.89 Å². The van der Waals surface area contributed by atoms with Gasteiger partial charge in [0.25, 0.3) is 0 Å². The fourth-order valence-corrected chi connectivity index (χ4v) is 2.96. The quantitative estimate of drug-likeness (QED) is 0.769. The van der Waals surface area contributed by atoms with Gasteiger partial charge < -0.3 is 4.42 Å². The Labute approximate surface area is 88.7 Å². The highest BCUT2D eigenvalue weighted by Crippen LogP contribution is 2.28. The van der Waals surface area contributed by atoms with E-state index < -0.39 is 0 Å². The van der Waals surface area contributed by atoms with E-state index in [9.17, 15) is 0 Å². The van der Waals surface area contributed by atoms with Crippen LogP contribution in [0.4, 0.5) is 0 Å². The van der Waals surface area contributed by atoms with Crippen molar-refractivity contribution in [3.8, 4) is 0 Å². The molecule has 2 rings (SSSR count). The molecule has 1 aliphatic rings. The maximum absolute atomic E-state index is 5.31. The molecular formula is C10H16N2OS. The minimum atomic E-state index is 0.668. The summed E-state index contributed by atoms with van der Waals surface area (Å²) in [5.41, 5.74) is 0. The summed E-state index contributed by atoms with van der Waals surface area (Å²) in [6.07, 6.45) is 5.67. The Bertz CT molecular complexity index is 281. The van der Waals surface area contributed by atoms with Crippen LogP contribution in [0.5, 0.6) is 0 Å². The second kappa shape index (κ2) is 4.82. The minimum absolute atomic E-state index is 0.668. The molecule has 0 amide bonds. The second-order valence-electron chi connectivity index (χ2n) is 3.88. The molecule has 0 spiro atoms. The highest BCUT2D eigenvalue weighted by molar-refractivity contribution is 7.98. The Morgan fingerprint density at radius 1 is 1.36 bits per heavy atom. The number of thioether (sulfide) groups is 1. The molecule has 0 aliphatic heterocycles. The van der Waals surface area contributed by atoms with Gasteiger partial charge in [-0.1, -0.05) is 12.8 Å². The van der Waals surface area contributed by atoms with Gasteiger partial charge in [-0.25, -0.2) is 0 Å². The van der Waals surface area contributed by atoms with Gasteiger partial charge in [0.1, 0.15) is 0 Å². The molecule has 0 bridgehead atoms. The highest BCUT2D eigenvalue weighted by Gasteiger charge is 2.15. The summed E-state index contributed by atoms with van der Waals surface area (Å²) in [4.78, 5) is 0. The van der Waals surface area contributed by atoms with Gasteiger partial charge in [0.2, 0.25) is 11.8 Å². The monoisotopic (exact) mass is 212 g/mol. The average Bonchev–Trinajstić information content (AvgIpc) is 2.77. The lowest BCUT2D eigenvalue weighted by molar-refractivity contribution is 0.485. The molecule has 78 valence electrons. The summed E-state index contributed by atoms with van der Waals surface area (Å²) in [5.74, 6) is 4.50. The van der Waals surface area contributed by atoms with Crippen LogP contribution in [0.25, 0.3) is 0 Å². The zero-order chi connectivity index (χ0) is 9.80. The van der Waals surface area contributed by atoms with Gasteiger partial charge in [-0.15, -0.1) is 10.2 Å². The Balaban J connectivity index is 1.67. The minimum Gasteiger partial charge on any atom is -0.425 e. The molecule has 0 N–H and O–H groups in total. The van der Waals surface area contributed by atoms with Gasteiger partial charge in [0.05, 0.1) is 5.75 Å². The lowest BCUT2D eigenvalue weighted by Gasteiger charge is -2.05. The van der Waals surface area contributed by atoms with E-state index in [1.165, 1.54) is 31.4 Å². The van der Waals surface area contributed by atoms with Gasteiger partial charge in [-0.05, 0) is 24.5 Å². The zero-order valence-corrected chi connectivity index (χ0v) is 9.35. The van der Waals surface area contributed by atoms with E-state index in [1.807, 2.05) is 18.7 Å². The zero-order valence-electron chi connectivity index (χ0n) is 8.53. The fraction of sp³-hybridized carbons (Fsp3) is 0.800. The van der Waals surface area contributed by atoms with Crippen LogP contribution in [0.15, 0.2) is 4.42 Å². The lowest BCUT2D eigenvalue weighted by Crippen LogP contribution is -1.96. The summed E-state index contributed by atoms with van der Waals surface area (Å²) in [6, 6.07) is 0. The van der Waals surface area contributed by atoms with E-state index >= 15 is 0 Å². The summed E-state index contributed by atoms with van der Waals surface area (Å²) in [7, 11) is 0. The molecule has 1 fully saturated rings. The smallest absolute Gasteiger partial charge is 0.226 e. The van der Waals surface area contributed by atoms with Crippen LogP contribution in [-0.4, -0.2) is 16.0 Å². The number of hydrogen-bond acceptors (Lipinski definition) is 4. The van der Waals surface area contributed by atoms with E-state index in [1.54, 1.807) is 0 Å². The van der Waals surface area contributed by atoms with E-state index in [2.05, 4.69) is 10.2 Å². The maximum Gasteiger partial charge on any atom is 0.226 e. The van der Waals surface area contributed by atoms with Gasteiger partial charge >= 0.3 is 0 Å². The van der Waals surface area contributed by atoms with Crippen molar-refractivity contribution in [1.29, 1.82) is 0 Å². The van der Waals surface area contributed by atoms with Crippen LogP contribution in [0.1, 0.15) is 37.5 Å². The van der Waals surface area contributed by atoms with Crippen molar-refractivity contribution in [2.75, 3.05) is 5.75 Å². The SMILES string of the molecule is Cc1nnc(CSCC2CCCC2)o1. The molecule has 0 unspecified atom stereocenters. The van der Waals surface area contributed by atoms with Crippen molar-refractivity contribution in [3.63, 3.8) is 0 Å². The van der Waals surface area contributed by atoms with Crippen LogP contribution in [0.2, 0.25) is 0 Å². The van der Waals surface area contributed by atoms with Crippen LogP contribution in [-0.2, 0) is 5.75 Å². The van der Waals surface area contributed by atoms with Crippen molar-refractivity contribution in [1.82, 2.24) is 10.2 Å². The predicted octanol–water partition coefficient (Wildman–Crippen LogP) is 2.80. The Morgan fingerprint density at radius 3 is 2.79 bits per heavy atom. The third kappa shape index (κ3) is 2.74. The molecule has 1 saturated carbocycles. The standard InChI is InChI=1S/C10H16N2OS/c1-8-11-12-10(13-8)7-14-6-9-4-2-3-5-9/h9H,2-7H2,1H3. The largest absolute Gasteiger partial charge is 0.425 e. The number of aromatic nitrogens is 2. The average molecular weight is 212 g/mol. The first-order valence-corrected chi connectivity index (χ1v) is 6.37. The molecule has 0 radical (unpaired) electrons. The number of aryl methyl sites for hydroxylation is 1. The number of rotatable bonds is 4. The molecule has 0 aromatic carbocycles. The van der Waals surface area contributed by atoms with Gasteiger partial charge in [0, 0.05) is 6.92 Å². The van der Waals surface area contributed by atoms with Crippen molar-refractivity contribution >= 4 is 11.8 Å². The first-order chi connectivity index (χ1) is 6.84. The maximum atomic E-state index is 5.31. The summed E-state index contributed by atoms with van der Waals surface area (Å²) >= 11 is 1.92. The molecule has 14 heavy (non-hydrogen) atoms. The van der Waals surface area contributed by atoms with Gasteiger partial charge in [0.15, 0.2) is 0 Å². The predicted molar refractivity (Wildman–Crippen MR) is 57.2 cm³/mol. The molecule has 0 saturated heterocycles. The van der Waals surface area contributed by atoms with Crippen LogP contribution >= 0.6 is 11.8 Å². The molecule has 1 aliphatic carbocycles. The van der Waals surface area contributed by atoms with E-state index in [0.717, 1.165) is 17.6 Å². The normalized spacial score (nSPS) is 17.8. The molecule has 1 aromatic rings. The Morgan fingerprint density at radius 2 is 2.14 bits per heavy atom.